The van der Waals surface area contributed by atoms with E-state index in [0.717, 1.165) is 4.47 Å². The monoisotopic (exact) mass is 217 g/mol. The van der Waals surface area contributed by atoms with E-state index in [1.54, 1.807) is 13.3 Å². The van der Waals surface area contributed by atoms with E-state index in [2.05, 4.69) is 20.9 Å². The molecule has 1 heterocycles. The van der Waals surface area contributed by atoms with Crippen molar-refractivity contribution in [2.24, 2.45) is 0 Å². The second-order valence-electron chi connectivity index (χ2n) is 1.49. The average molecular weight is 218 g/mol. The molecule has 0 aliphatic rings. The molecular weight excluding hydrogens is 210 g/mol. The molecule has 1 aromatic heterocycles. The van der Waals surface area contributed by atoms with Crippen molar-refractivity contribution in [3.05, 3.63) is 22.8 Å². The summed E-state index contributed by atoms with van der Waals surface area (Å²) >= 11 is 3.27. The lowest BCUT2D eigenvalue weighted by Gasteiger charge is -1.97. The van der Waals surface area contributed by atoms with Crippen molar-refractivity contribution >= 4 is 22.7 Å². The molecule has 4 heteroatoms. The molecule has 60 valence electrons. The number of aromatic nitrogens is 1. The maximum atomic E-state index is 8.00. The first-order valence-electron chi connectivity index (χ1n) is 2.78. The molecule has 11 heavy (non-hydrogen) atoms. The molecule has 3 nitrogen and oxygen atoms in total. The van der Waals surface area contributed by atoms with Gasteiger partial charge in [-0.3, -0.25) is 0 Å². The first-order chi connectivity index (χ1) is 5.34. The number of halogens is 1. The van der Waals surface area contributed by atoms with Gasteiger partial charge in [-0.15, -0.1) is 0 Å². The van der Waals surface area contributed by atoms with Gasteiger partial charge in [-0.05, 0) is 28.1 Å². The lowest BCUT2D eigenvalue weighted by Crippen LogP contribution is -1.86. The van der Waals surface area contributed by atoms with Gasteiger partial charge in [-0.2, -0.15) is 0 Å². The van der Waals surface area contributed by atoms with Crippen molar-refractivity contribution in [1.82, 2.24) is 4.98 Å². The van der Waals surface area contributed by atoms with Crippen LogP contribution >= 0.6 is 15.9 Å². The van der Waals surface area contributed by atoms with Crippen molar-refractivity contribution in [3.8, 4) is 5.88 Å². The Hall–Kier alpha value is -0.900. The van der Waals surface area contributed by atoms with E-state index < -0.39 is 0 Å². The van der Waals surface area contributed by atoms with Crippen molar-refractivity contribution in [1.29, 1.82) is 0 Å². The van der Waals surface area contributed by atoms with Crippen molar-refractivity contribution in [2.45, 2.75) is 0 Å². The number of rotatable bonds is 1. The van der Waals surface area contributed by atoms with Gasteiger partial charge in [0.25, 0.3) is 0 Å². The number of methoxy groups -OCH3 is 1. The molecule has 0 radical (unpaired) electrons. The van der Waals surface area contributed by atoms with Gasteiger partial charge in [-0.1, -0.05) is 0 Å². The molecule has 0 atom stereocenters. The smallest absolute Gasteiger partial charge is 0.227 e. The second-order valence-corrected chi connectivity index (χ2v) is 2.35. The van der Waals surface area contributed by atoms with Gasteiger partial charge in [0.15, 0.2) is 0 Å². The standard InChI is InChI=1S/C6H6BrNO.CH2O/c1-9-6-5(7)3-2-4-8-6;1-2/h2-4H,1H3;1H2. The molecule has 0 saturated heterocycles. The van der Waals surface area contributed by atoms with E-state index in [-0.39, 0.29) is 0 Å². The first-order valence-corrected chi connectivity index (χ1v) is 3.57. The highest BCUT2D eigenvalue weighted by atomic mass is 79.9. The van der Waals surface area contributed by atoms with E-state index in [0.29, 0.717) is 5.88 Å². The predicted molar refractivity (Wildman–Crippen MR) is 45.6 cm³/mol. The number of nitrogens with zero attached hydrogens (tertiary/aromatic N) is 1. The van der Waals surface area contributed by atoms with Gasteiger partial charge in [0, 0.05) is 6.20 Å². The lowest BCUT2D eigenvalue weighted by atomic mass is 10.5. The van der Waals surface area contributed by atoms with Gasteiger partial charge < -0.3 is 9.53 Å². The maximum absolute atomic E-state index is 8.00. The lowest BCUT2D eigenvalue weighted by molar-refractivity contribution is -0.0979. The summed E-state index contributed by atoms with van der Waals surface area (Å²) in [6.07, 6.45) is 1.68. The summed E-state index contributed by atoms with van der Waals surface area (Å²) in [4.78, 5) is 11.9. The fourth-order valence-electron chi connectivity index (χ4n) is 0.521. The molecular formula is C7H8BrNO2. The Morgan fingerprint density at radius 2 is 2.27 bits per heavy atom. The molecule has 0 aromatic carbocycles. The van der Waals surface area contributed by atoms with Crippen LogP contribution < -0.4 is 4.74 Å². The fraction of sp³-hybridized carbons (Fsp3) is 0.143. The quantitative estimate of drug-likeness (QED) is 0.719. The molecule has 0 spiro atoms. The third-order valence-corrected chi connectivity index (χ3v) is 1.52. The molecule has 0 aliphatic heterocycles. The largest absolute Gasteiger partial charge is 0.480 e. The minimum Gasteiger partial charge on any atom is -0.480 e. The zero-order valence-electron chi connectivity index (χ0n) is 6.08. The summed E-state index contributed by atoms with van der Waals surface area (Å²) in [5.41, 5.74) is 0. The van der Waals surface area contributed by atoms with E-state index in [1.807, 2.05) is 18.9 Å². The fourth-order valence-corrected chi connectivity index (χ4v) is 0.938. The van der Waals surface area contributed by atoms with Gasteiger partial charge in [0.1, 0.15) is 6.79 Å². The third-order valence-electron chi connectivity index (χ3n) is 0.918. The van der Waals surface area contributed by atoms with E-state index in [4.69, 9.17) is 9.53 Å². The van der Waals surface area contributed by atoms with Crippen molar-refractivity contribution in [3.63, 3.8) is 0 Å². The summed E-state index contributed by atoms with van der Waals surface area (Å²) in [7, 11) is 1.59. The van der Waals surface area contributed by atoms with Crippen molar-refractivity contribution in [2.75, 3.05) is 7.11 Å². The molecule has 0 N–H and O–H groups in total. The predicted octanol–water partition coefficient (Wildman–Crippen LogP) is 1.67. The summed E-state index contributed by atoms with van der Waals surface area (Å²) < 4.78 is 5.77. The number of hydrogen-bond donors (Lipinski definition) is 0. The van der Waals surface area contributed by atoms with Gasteiger partial charge in [0.2, 0.25) is 5.88 Å². The van der Waals surface area contributed by atoms with Crippen LogP contribution in [0.1, 0.15) is 0 Å². The number of carbonyl (C=O) groups is 1. The molecule has 0 bridgehead atoms. The number of carbonyl (C=O) groups excluding carboxylic acids is 1. The topological polar surface area (TPSA) is 39.2 Å². The minimum absolute atomic E-state index is 0.623. The Balaban J connectivity index is 0.000000461. The van der Waals surface area contributed by atoms with Gasteiger partial charge in [-0.25, -0.2) is 4.98 Å². The van der Waals surface area contributed by atoms with Crippen LogP contribution in [0, 0.1) is 0 Å². The van der Waals surface area contributed by atoms with Crippen LogP contribution in [0.25, 0.3) is 0 Å². The first kappa shape index (κ1) is 10.1. The Kier molecular flexibility index (Phi) is 5.37. The molecule has 0 aliphatic carbocycles. The van der Waals surface area contributed by atoms with E-state index >= 15 is 0 Å². The average Bonchev–Trinajstić information content (AvgIpc) is 2.09. The minimum atomic E-state index is 0.623. The zero-order valence-corrected chi connectivity index (χ0v) is 7.67. The molecule has 0 fully saturated rings. The zero-order chi connectivity index (χ0) is 8.69. The Morgan fingerprint density at radius 1 is 1.64 bits per heavy atom. The van der Waals surface area contributed by atoms with Crippen LogP contribution in [0.4, 0.5) is 0 Å². The Labute approximate surface area is 73.5 Å². The molecule has 0 amide bonds. The highest BCUT2D eigenvalue weighted by molar-refractivity contribution is 9.10. The van der Waals surface area contributed by atoms with Crippen LogP contribution in [0.2, 0.25) is 0 Å². The van der Waals surface area contributed by atoms with E-state index in [9.17, 15) is 0 Å². The van der Waals surface area contributed by atoms with Crippen LogP contribution in [0.5, 0.6) is 5.88 Å². The maximum Gasteiger partial charge on any atom is 0.227 e. The Morgan fingerprint density at radius 3 is 2.64 bits per heavy atom. The summed E-state index contributed by atoms with van der Waals surface area (Å²) in [5, 5.41) is 0. The SMILES string of the molecule is C=O.COc1ncccc1Br. The highest BCUT2D eigenvalue weighted by Gasteiger charge is 1.95. The van der Waals surface area contributed by atoms with Crippen LogP contribution in [-0.4, -0.2) is 18.9 Å². The summed E-state index contributed by atoms with van der Waals surface area (Å²) in [5.74, 6) is 0.623. The highest BCUT2D eigenvalue weighted by Crippen LogP contribution is 2.19. The normalized spacial score (nSPS) is 7.82. The van der Waals surface area contributed by atoms with Crippen LogP contribution in [-0.2, 0) is 4.79 Å². The van der Waals surface area contributed by atoms with E-state index in [1.165, 1.54) is 0 Å². The molecule has 0 saturated carbocycles. The van der Waals surface area contributed by atoms with Gasteiger partial charge >= 0.3 is 0 Å². The Bertz CT molecular complexity index is 217. The molecule has 1 aromatic rings. The van der Waals surface area contributed by atoms with Crippen molar-refractivity contribution < 1.29 is 9.53 Å². The molecule has 1 rings (SSSR count). The third kappa shape index (κ3) is 3.13. The second kappa shape index (κ2) is 5.85. The number of pyridine rings is 1. The number of ether oxygens (including phenoxy) is 1. The molecule has 0 unspecified atom stereocenters. The van der Waals surface area contributed by atoms with Crippen LogP contribution in [0.15, 0.2) is 22.8 Å². The number of hydrogen-bond acceptors (Lipinski definition) is 3. The summed E-state index contributed by atoms with van der Waals surface area (Å²) in [6.45, 7) is 2.00. The van der Waals surface area contributed by atoms with Crippen LogP contribution in [0.3, 0.4) is 0 Å². The summed E-state index contributed by atoms with van der Waals surface area (Å²) in [6, 6.07) is 3.72. The van der Waals surface area contributed by atoms with Gasteiger partial charge in [0.05, 0.1) is 11.6 Å².